The second-order valence-electron chi connectivity index (χ2n) is 6.64. The lowest BCUT2D eigenvalue weighted by Gasteiger charge is -2.40. The molecular weight excluding hydrogens is 352 g/mol. The number of aromatic nitrogens is 2. The summed E-state index contributed by atoms with van der Waals surface area (Å²) in [5.41, 5.74) is 0.524. The summed E-state index contributed by atoms with van der Waals surface area (Å²) in [5, 5.41) is 23.7. The highest BCUT2D eigenvalue weighted by atomic mass is 16.6. The first kappa shape index (κ1) is 17.0. The molecule has 0 aliphatic carbocycles. The molecule has 2 aliphatic rings. The monoisotopic (exact) mass is 370 g/mol. The zero-order chi connectivity index (χ0) is 19.0. The summed E-state index contributed by atoms with van der Waals surface area (Å²) in [7, 11) is 0. The molecule has 2 bridgehead atoms. The molecule has 2 aromatic heterocycles. The number of carboxylic acid groups (broad SMARTS) is 1. The van der Waals surface area contributed by atoms with Crippen LogP contribution in [0.5, 0.6) is 0 Å². The molecule has 2 aromatic rings. The van der Waals surface area contributed by atoms with Crippen LogP contribution in [0.1, 0.15) is 12.8 Å². The number of nitrogens with one attached hydrogen (secondary N) is 1. The van der Waals surface area contributed by atoms with Crippen LogP contribution in [-0.2, 0) is 0 Å². The van der Waals surface area contributed by atoms with Crippen LogP contribution in [0, 0.1) is 10.1 Å². The molecule has 2 aliphatic heterocycles. The minimum Gasteiger partial charge on any atom is -0.465 e. The summed E-state index contributed by atoms with van der Waals surface area (Å²) in [6, 6.07) is 6.29. The van der Waals surface area contributed by atoms with Crippen molar-refractivity contribution in [1.82, 2.24) is 14.9 Å². The lowest BCUT2D eigenvalue weighted by atomic mass is 10.2. The number of fused-ring (bicyclic) bond motifs is 2. The van der Waals surface area contributed by atoms with Crippen LogP contribution in [0.15, 0.2) is 36.7 Å². The Morgan fingerprint density at radius 1 is 1.19 bits per heavy atom. The van der Waals surface area contributed by atoms with Crippen LogP contribution in [0.3, 0.4) is 0 Å². The first-order valence-electron chi connectivity index (χ1n) is 8.61. The van der Waals surface area contributed by atoms with Crippen molar-refractivity contribution in [3.8, 4) is 0 Å². The number of carbonyl (C=O) groups is 1. The predicted molar refractivity (Wildman–Crippen MR) is 97.3 cm³/mol. The van der Waals surface area contributed by atoms with Gasteiger partial charge in [-0.2, -0.15) is 0 Å². The third kappa shape index (κ3) is 3.21. The highest BCUT2D eigenvalue weighted by Crippen LogP contribution is 2.34. The molecule has 0 spiro atoms. The molecule has 4 rings (SSSR count). The predicted octanol–water partition coefficient (Wildman–Crippen LogP) is 2.46. The van der Waals surface area contributed by atoms with Gasteiger partial charge in [-0.15, -0.1) is 0 Å². The van der Waals surface area contributed by atoms with Crippen LogP contribution in [-0.4, -0.2) is 56.2 Å². The maximum Gasteiger partial charge on any atom is 0.407 e. The maximum atomic E-state index is 11.4. The van der Waals surface area contributed by atoms with E-state index in [-0.39, 0.29) is 23.6 Å². The molecule has 2 atom stereocenters. The van der Waals surface area contributed by atoms with Gasteiger partial charge < -0.3 is 15.3 Å². The molecule has 10 heteroatoms. The quantitative estimate of drug-likeness (QED) is 0.621. The number of hydrogen-bond acceptors (Lipinski definition) is 7. The summed E-state index contributed by atoms with van der Waals surface area (Å²) in [6.45, 7) is 1.06. The Hall–Kier alpha value is -3.43. The van der Waals surface area contributed by atoms with Crippen LogP contribution in [0.2, 0.25) is 0 Å². The van der Waals surface area contributed by atoms with Crippen LogP contribution in [0.25, 0.3) is 0 Å². The lowest BCUT2D eigenvalue weighted by Crippen LogP contribution is -2.55. The Balaban J connectivity index is 1.62. The first-order valence-corrected chi connectivity index (χ1v) is 8.61. The van der Waals surface area contributed by atoms with Gasteiger partial charge in [-0.25, -0.2) is 9.78 Å². The third-order valence-electron chi connectivity index (χ3n) is 5.03. The molecule has 2 saturated heterocycles. The molecular formula is C17H18N6O4. The fourth-order valence-corrected chi connectivity index (χ4v) is 3.83. The molecule has 1 amide bonds. The average molecular weight is 370 g/mol. The Kier molecular flexibility index (Phi) is 4.22. The van der Waals surface area contributed by atoms with E-state index in [0.717, 1.165) is 12.8 Å². The van der Waals surface area contributed by atoms with Gasteiger partial charge in [0.15, 0.2) is 0 Å². The number of piperazine rings is 1. The van der Waals surface area contributed by atoms with E-state index in [1.54, 1.807) is 30.6 Å². The van der Waals surface area contributed by atoms with Gasteiger partial charge in [0.25, 0.3) is 0 Å². The Morgan fingerprint density at radius 2 is 1.85 bits per heavy atom. The van der Waals surface area contributed by atoms with Crippen molar-refractivity contribution in [2.24, 2.45) is 0 Å². The van der Waals surface area contributed by atoms with E-state index in [1.165, 1.54) is 11.0 Å². The molecule has 0 radical (unpaired) electrons. The Labute approximate surface area is 154 Å². The van der Waals surface area contributed by atoms with Gasteiger partial charge in [-0.05, 0) is 31.0 Å². The zero-order valence-corrected chi connectivity index (χ0v) is 14.4. The van der Waals surface area contributed by atoms with E-state index in [0.29, 0.717) is 24.6 Å². The summed E-state index contributed by atoms with van der Waals surface area (Å²) >= 11 is 0. The van der Waals surface area contributed by atoms with Crippen LogP contribution >= 0.6 is 0 Å². The van der Waals surface area contributed by atoms with Gasteiger partial charge >= 0.3 is 11.8 Å². The van der Waals surface area contributed by atoms with Crippen LogP contribution < -0.4 is 10.2 Å². The molecule has 10 nitrogen and oxygen atoms in total. The number of rotatable bonds is 4. The number of nitrogens with zero attached hydrogens (tertiary/aromatic N) is 5. The topological polar surface area (TPSA) is 125 Å². The molecule has 0 unspecified atom stereocenters. The largest absolute Gasteiger partial charge is 0.465 e. The van der Waals surface area contributed by atoms with Gasteiger partial charge in [-0.1, -0.05) is 0 Å². The number of hydrogen-bond donors (Lipinski definition) is 2. The van der Waals surface area contributed by atoms with Crippen molar-refractivity contribution in [3.05, 3.63) is 46.8 Å². The third-order valence-corrected chi connectivity index (χ3v) is 5.03. The summed E-state index contributed by atoms with van der Waals surface area (Å²) < 4.78 is 0. The summed E-state index contributed by atoms with van der Waals surface area (Å²) in [6.07, 6.45) is 3.92. The fourth-order valence-electron chi connectivity index (χ4n) is 3.83. The Bertz CT molecular complexity index is 863. The normalized spacial score (nSPS) is 21.2. The average Bonchev–Trinajstić information content (AvgIpc) is 2.93. The van der Waals surface area contributed by atoms with Crippen molar-refractivity contribution < 1.29 is 14.8 Å². The second-order valence-corrected chi connectivity index (χ2v) is 6.64. The van der Waals surface area contributed by atoms with Crippen molar-refractivity contribution in [2.75, 3.05) is 23.3 Å². The van der Waals surface area contributed by atoms with Crippen molar-refractivity contribution in [2.45, 2.75) is 24.9 Å². The van der Waals surface area contributed by atoms with E-state index >= 15 is 0 Å². The smallest absolute Gasteiger partial charge is 0.407 e. The minimum atomic E-state index is -0.890. The molecule has 2 fully saturated rings. The molecule has 2 N–H and O–H groups in total. The second kappa shape index (κ2) is 6.71. The fraction of sp³-hybridized carbons (Fsp3) is 0.353. The van der Waals surface area contributed by atoms with Crippen molar-refractivity contribution in [1.29, 1.82) is 0 Å². The van der Waals surface area contributed by atoms with E-state index in [4.69, 9.17) is 0 Å². The standard InChI is InChI=1S/C17H18N6O4/c24-17(25)22-12-1-2-13(22)10-21(9-12)15-4-3-14(23(26)27)16(20-15)19-11-5-7-18-8-6-11/h3-8,12-13H,1-2,9-10H2,(H,24,25)(H,18,19,20)/t12-,13+. The van der Waals surface area contributed by atoms with E-state index in [9.17, 15) is 20.0 Å². The van der Waals surface area contributed by atoms with E-state index in [1.807, 2.05) is 4.90 Å². The molecule has 4 heterocycles. The highest BCUT2D eigenvalue weighted by molar-refractivity contribution is 5.69. The van der Waals surface area contributed by atoms with Crippen molar-refractivity contribution in [3.63, 3.8) is 0 Å². The number of pyridine rings is 2. The molecule has 0 aromatic carbocycles. The minimum absolute atomic E-state index is 0.0742. The first-order chi connectivity index (χ1) is 13.0. The van der Waals surface area contributed by atoms with Gasteiger partial charge in [-0.3, -0.25) is 20.0 Å². The SMILES string of the molecule is O=C(O)N1[C@@H]2CC[C@H]1CN(c1ccc([N+](=O)[O-])c(Nc3ccncc3)n1)C2. The molecule has 140 valence electrons. The molecule has 0 saturated carbocycles. The van der Waals surface area contributed by atoms with Gasteiger partial charge in [0.05, 0.1) is 17.0 Å². The molecule has 27 heavy (non-hydrogen) atoms. The zero-order valence-electron chi connectivity index (χ0n) is 14.4. The van der Waals surface area contributed by atoms with Crippen LogP contribution in [0.4, 0.5) is 27.8 Å². The highest BCUT2D eigenvalue weighted by Gasteiger charge is 2.43. The van der Waals surface area contributed by atoms with Crippen molar-refractivity contribution >= 4 is 29.1 Å². The number of amides is 1. The number of nitro groups is 1. The van der Waals surface area contributed by atoms with Gasteiger partial charge in [0, 0.05) is 37.2 Å². The van der Waals surface area contributed by atoms with E-state index < -0.39 is 11.0 Å². The van der Waals surface area contributed by atoms with Gasteiger partial charge in [0.2, 0.25) is 5.82 Å². The lowest BCUT2D eigenvalue weighted by molar-refractivity contribution is -0.384. The summed E-state index contributed by atoms with van der Waals surface area (Å²) in [4.78, 5) is 34.2. The number of anilines is 3. The Morgan fingerprint density at radius 3 is 2.44 bits per heavy atom. The maximum absolute atomic E-state index is 11.4. The summed E-state index contributed by atoms with van der Waals surface area (Å²) in [5.74, 6) is 0.746. The van der Waals surface area contributed by atoms with Gasteiger partial charge in [0.1, 0.15) is 5.82 Å². The van der Waals surface area contributed by atoms with E-state index in [2.05, 4.69) is 15.3 Å².